The summed E-state index contributed by atoms with van der Waals surface area (Å²) in [4.78, 5) is 44.1. The lowest BCUT2D eigenvalue weighted by Gasteiger charge is -2.21. The van der Waals surface area contributed by atoms with E-state index in [1.54, 1.807) is 25.1 Å². The van der Waals surface area contributed by atoms with E-state index in [2.05, 4.69) is 15.6 Å². The van der Waals surface area contributed by atoms with Gasteiger partial charge < -0.3 is 15.5 Å². The molecule has 3 amide bonds. The number of pyridine rings is 1. The number of carbonyl (C=O) groups excluding carboxylic acids is 3. The number of hydrogen-bond donors (Lipinski definition) is 2. The van der Waals surface area contributed by atoms with Crippen molar-refractivity contribution in [2.24, 2.45) is 0 Å². The Bertz CT molecular complexity index is 908. The SMILES string of the molecule is Cc1cccc(NC(=O)CN(C)CC(=O)N(C)CC(=O)Nc2c(C)cccc2C)n1. The van der Waals surface area contributed by atoms with Gasteiger partial charge in [-0.25, -0.2) is 4.98 Å². The predicted octanol–water partition coefficient (Wildman–Crippen LogP) is 1.97. The minimum absolute atomic E-state index is 0.0157. The Hall–Kier alpha value is -3.26. The van der Waals surface area contributed by atoms with Gasteiger partial charge in [0.15, 0.2) is 0 Å². The summed E-state index contributed by atoms with van der Waals surface area (Å²) < 4.78 is 0. The summed E-state index contributed by atoms with van der Waals surface area (Å²) in [5, 5.41) is 5.57. The van der Waals surface area contributed by atoms with Crippen LogP contribution in [-0.2, 0) is 14.4 Å². The molecule has 8 heteroatoms. The molecule has 1 heterocycles. The Morgan fingerprint density at radius 2 is 1.43 bits per heavy atom. The molecule has 0 aliphatic carbocycles. The van der Waals surface area contributed by atoms with Crippen molar-refractivity contribution in [1.29, 1.82) is 0 Å². The number of amides is 3. The van der Waals surface area contributed by atoms with Crippen LogP contribution in [0.25, 0.3) is 0 Å². The van der Waals surface area contributed by atoms with E-state index in [0.29, 0.717) is 5.82 Å². The largest absolute Gasteiger partial charge is 0.335 e. The second-order valence-corrected chi connectivity index (χ2v) is 7.45. The molecule has 0 fully saturated rings. The molecule has 160 valence electrons. The third-order valence-corrected chi connectivity index (χ3v) is 4.53. The molecule has 0 saturated carbocycles. The van der Waals surface area contributed by atoms with Gasteiger partial charge in [0.05, 0.1) is 19.6 Å². The molecule has 30 heavy (non-hydrogen) atoms. The Labute approximate surface area is 177 Å². The molecule has 0 unspecified atom stereocenters. The summed E-state index contributed by atoms with van der Waals surface area (Å²) in [6.45, 7) is 5.66. The zero-order chi connectivity index (χ0) is 22.3. The maximum absolute atomic E-state index is 12.4. The molecule has 0 bridgehead atoms. The molecule has 0 aliphatic heterocycles. The van der Waals surface area contributed by atoms with Gasteiger partial charge in [-0.1, -0.05) is 24.3 Å². The van der Waals surface area contributed by atoms with E-state index >= 15 is 0 Å². The summed E-state index contributed by atoms with van der Waals surface area (Å²) in [7, 11) is 3.24. The number of aryl methyl sites for hydroxylation is 3. The fourth-order valence-corrected chi connectivity index (χ4v) is 2.94. The zero-order valence-electron chi connectivity index (χ0n) is 18.2. The highest BCUT2D eigenvalue weighted by Gasteiger charge is 2.17. The highest BCUT2D eigenvalue weighted by Crippen LogP contribution is 2.19. The van der Waals surface area contributed by atoms with Gasteiger partial charge in [0, 0.05) is 18.4 Å². The van der Waals surface area contributed by atoms with Gasteiger partial charge in [0.2, 0.25) is 17.7 Å². The molecule has 2 aromatic rings. The summed E-state index contributed by atoms with van der Waals surface area (Å²) in [6, 6.07) is 11.1. The maximum Gasteiger partial charge on any atom is 0.243 e. The summed E-state index contributed by atoms with van der Waals surface area (Å²) in [5.74, 6) is -0.316. The van der Waals surface area contributed by atoms with Crippen LogP contribution in [0, 0.1) is 20.8 Å². The van der Waals surface area contributed by atoms with E-state index in [9.17, 15) is 14.4 Å². The van der Waals surface area contributed by atoms with Crippen LogP contribution in [0.3, 0.4) is 0 Å². The van der Waals surface area contributed by atoms with Crippen molar-refractivity contribution in [2.45, 2.75) is 20.8 Å². The summed E-state index contributed by atoms with van der Waals surface area (Å²) >= 11 is 0. The van der Waals surface area contributed by atoms with E-state index in [4.69, 9.17) is 0 Å². The van der Waals surface area contributed by atoms with Crippen molar-refractivity contribution in [3.63, 3.8) is 0 Å². The summed E-state index contributed by atoms with van der Waals surface area (Å²) in [6.07, 6.45) is 0. The molecule has 0 spiro atoms. The number of nitrogens with zero attached hydrogens (tertiary/aromatic N) is 3. The monoisotopic (exact) mass is 411 g/mol. The van der Waals surface area contributed by atoms with Crippen LogP contribution in [0.5, 0.6) is 0 Å². The van der Waals surface area contributed by atoms with Crippen LogP contribution in [0.4, 0.5) is 11.5 Å². The number of nitrogens with one attached hydrogen (secondary N) is 2. The second kappa shape index (κ2) is 10.5. The molecule has 0 aliphatic rings. The minimum Gasteiger partial charge on any atom is -0.335 e. The number of benzene rings is 1. The lowest BCUT2D eigenvalue weighted by Crippen LogP contribution is -2.42. The normalized spacial score (nSPS) is 10.6. The average Bonchev–Trinajstić information content (AvgIpc) is 2.64. The van der Waals surface area contributed by atoms with Crippen LogP contribution in [-0.4, -0.2) is 66.2 Å². The molecule has 1 aromatic carbocycles. The fraction of sp³-hybridized carbons (Fsp3) is 0.364. The van der Waals surface area contributed by atoms with Crippen molar-refractivity contribution >= 4 is 29.2 Å². The van der Waals surface area contributed by atoms with Gasteiger partial charge in [-0.3, -0.25) is 19.3 Å². The van der Waals surface area contributed by atoms with Crippen LogP contribution >= 0.6 is 0 Å². The standard InChI is InChI=1S/C22H29N5O3/c1-15-8-6-9-16(2)22(15)25-20(29)13-27(5)21(30)14-26(4)12-19(28)24-18-11-7-10-17(3)23-18/h6-11H,12-14H2,1-5H3,(H,25,29)(H,23,24,28). The smallest absolute Gasteiger partial charge is 0.243 e. The third-order valence-electron chi connectivity index (χ3n) is 4.53. The Morgan fingerprint density at radius 1 is 0.833 bits per heavy atom. The molecule has 2 N–H and O–H groups in total. The molecule has 8 nitrogen and oxygen atoms in total. The molecule has 1 aromatic heterocycles. The first-order valence-corrected chi connectivity index (χ1v) is 9.67. The Kier molecular flexibility index (Phi) is 8.06. The van der Waals surface area contributed by atoms with Crippen molar-refractivity contribution in [3.05, 3.63) is 53.2 Å². The highest BCUT2D eigenvalue weighted by molar-refractivity contribution is 5.96. The third kappa shape index (κ3) is 6.97. The number of para-hydroxylation sites is 1. The van der Waals surface area contributed by atoms with E-state index in [0.717, 1.165) is 22.5 Å². The molecular weight excluding hydrogens is 382 g/mol. The predicted molar refractivity (Wildman–Crippen MR) is 117 cm³/mol. The number of aromatic nitrogens is 1. The van der Waals surface area contributed by atoms with Gasteiger partial charge in [0.25, 0.3) is 0 Å². The minimum atomic E-state index is -0.269. The van der Waals surface area contributed by atoms with Crippen LogP contribution in [0.1, 0.15) is 16.8 Å². The molecule has 0 saturated heterocycles. The van der Waals surface area contributed by atoms with Crippen molar-refractivity contribution in [2.75, 3.05) is 44.4 Å². The first-order chi connectivity index (χ1) is 14.2. The van der Waals surface area contributed by atoms with Gasteiger partial charge in [-0.15, -0.1) is 0 Å². The van der Waals surface area contributed by atoms with Gasteiger partial charge in [-0.05, 0) is 51.1 Å². The van der Waals surface area contributed by atoms with E-state index < -0.39 is 0 Å². The van der Waals surface area contributed by atoms with Crippen LogP contribution in [0.15, 0.2) is 36.4 Å². The Morgan fingerprint density at radius 3 is 2.07 bits per heavy atom. The molecular formula is C22H29N5O3. The fourth-order valence-electron chi connectivity index (χ4n) is 2.94. The van der Waals surface area contributed by atoms with Crippen LogP contribution in [0.2, 0.25) is 0 Å². The van der Waals surface area contributed by atoms with Gasteiger partial charge in [-0.2, -0.15) is 0 Å². The number of likely N-dealkylation sites (N-methyl/N-ethyl adjacent to an activating group) is 2. The molecule has 2 rings (SSSR count). The quantitative estimate of drug-likeness (QED) is 0.693. The van der Waals surface area contributed by atoms with E-state index in [-0.39, 0.29) is 37.4 Å². The number of hydrogen-bond acceptors (Lipinski definition) is 5. The zero-order valence-corrected chi connectivity index (χ0v) is 18.2. The highest BCUT2D eigenvalue weighted by atomic mass is 16.2. The first kappa shape index (κ1) is 23.0. The number of rotatable bonds is 8. The second-order valence-electron chi connectivity index (χ2n) is 7.45. The topological polar surface area (TPSA) is 94.6 Å². The number of anilines is 2. The molecule has 0 atom stereocenters. The first-order valence-electron chi connectivity index (χ1n) is 9.67. The summed E-state index contributed by atoms with van der Waals surface area (Å²) in [5.41, 5.74) is 3.50. The lowest BCUT2D eigenvalue weighted by atomic mass is 10.1. The Balaban J connectivity index is 1.81. The number of carbonyl (C=O) groups is 3. The van der Waals surface area contributed by atoms with Gasteiger partial charge in [0.1, 0.15) is 5.82 Å². The lowest BCUT2D eigenvalue weighted by molar-refractivity contribution is -0.134. The van der Waals surface area contributed by atoms with Gasteiger partial charge >= 0.3 is 0 Å². The van der Waals surface area contributed by atoms with E-state index in [1.807, 2.05) is 51.1 Å². The maximum atomic E-state index is 12.4. The van der Waals surface area contributed by atoms with Crippen molar-refractivity contribution in [1.82, 2.24) is 14.8 Å². The van der Waals surface area contributed by atoms with Crippen LogP contribution < -0.4 is 10.6 Å². The van der Waals surface area contributed by atoms with E-state index in [1.165, 1.54) is 4.90 Å². The van der Waals surface area contributed by atoms with Crippen molar-refractivity contribution in [3.8, 4) is 0 Å². The molecule has 0 radical (unpaired) electrons. The average molecular weight is 412 g/mol. The van der Waals surface area contributed by atoms with Crippen molar-refractivity contribution < 1.29 is 14.4 Å².